The maximum absolute atomic E-state index is 12.3. The second-order valence-electron chi connectivity index (χ2n) is 4.77. The fourth-order valence-electron chi connectivity index (χ4n) is 2.11. The average Bonchev–Trinajstić information content (AvgIpc) is 2.36. The molecule has 3 nitrogen and oxygen atoms in total. The van der Waals surface area contributed by atoms with Crippen molar-refractivity contribution in [3.8, 4) is 0 Å². The fraction of sp³-hybridized carbons (Fsp3) is 0.462. The van der Waals surface area contributed by atoms with Gasteiger partial charge in [-0.05, 0) is 44.9 Å². The predicted octanol–water partition coefficient (Wildman–Crippen LogP) is 3.46. The van der Waals surface area contributed by atoms with Gasteiger partial charge in [-0.2, -0.15) is 0 Å². The lowest BCUT2D eigenvalue weighted by Gasteiger charge is -2.33. The summed E-state index contributed by atoms with van der Waals surface area (Å²) in [7, 11) is 0. The Labute approximate surface area is 117 Å². The van der Waals surface area contributed by atoms with Crippen molar-refractivity contribution in [2.75, 3.05) is 11.9 Å². The summed E-state index contributed by atoms with van der Waals surface area (Å²) in [5.74, 6) is -0.0635. The molecule has 1 amide bonds. The monoisotopic (exact) mass is 286 g/mol. The minimum Gasteiger partial charge on any atom is -0.323 e. The summed E-state index contributed by atoms with van der Waals surface area (Å²) in [5.41, 5.74) is 0.0342. The normalized spacial score (nSPS) is 23.7. The molecule has 1 saturated heterocycles. The molecule has 98 valence electrons. The van der Waals surface area contributed by atoms with Crippen molar-refractivity contribution in [3.63, 3.8) is 0 Å². The van der Waals surface area contributed by atoms with Gasteiger partial charge in [-0.1, -0.05) is 29.3 Å². The third kappa shape index (κ3) is 2.79. The van der Waals surface area contributed by atoms with Gasteiger partial charge >= 0.3 is 0 Å². The maximum Gasteiger partial charge on any atom is 0.244 e. The van der Waals surface area contributed by atoms with Crippen LogP contribution in [0.4, 0.5) is 5.69 Å². The summed E-state index contributed by atoms with van der Waals surface area (Å²) < 4.78 is 0. The maximum atomic E-state index is 12.3. The smallest absolute Gasteiger partial charge is 0.244 e. The third-order valence-electron chi connectivity index (χ3n) is 3.32. The van der Waals surface area contributed by atoms with E-state index in [2.05, 4.69) is 10.6 Å². The van der Waals surface area contributed by atoms with Crippen molar-refractivity contribution in [1.29, 1.82) is 0 Å². The number of piperidine rings is 1. The Morgan fingerprint density at radius 1 is 1.39 bits per heavy atom. The minimum absolute atomic E-state index is 0.0635. The van der Waals surface area contributed by atoms with Crippen LogP contribution in [0.3, 0.4) is 0 Å². The number of halogens is 2. The van der Waals surface area contributed by atoms with Crippen LogP contribution in [-0.2, 0) is 4.79 Å². The van der Waals surface area contributed by atoms with Gasteiger partial charge in [-0.25, -0.2) is 0 Å². The number of hydrogen-bond acceptors (Lipinski definition) is 2. The number of benzene rings is 1. The first-order valence-electron chi connectivity index (χ1n) is 6.03. The molecule has 18 heavy (non-hydrogen) atoms. The molecule has 0 radical (unpaired) electrons. The predicted molar refractivity (Wildman–Crippen MR) is 75.4 cm³/mol. The van der Waals surface area contributed by atoms with Crippen molar-refractivity contribution >= 4 is 34.8 Å². The molecular formula is C13H16Cl2N2O. The van der Waals surface area contributed by atoms with E-state index in [1.54, 1.807) is 18.2 Å². The van der Waals surface area contributed by atoms with Crippen LogP contribution in [-0.4, -0.2) is 18.0 Å². The highest BCUT2D eigenvalue weighted by Crippen LogP contribution is 2.30. The lowest BCUT2D eigenvalue weighted by atomic mass is 9.90. The summed E-state index contributed by atoms with van der Waals surface area (Å²) in [6.45, 7) is 2.78. The second-order valence-corrected chi connectivity index (χ2v) is 5.56. The lowest BCUT2D eigenvalue weighted by molar-refractivity contribution is -0.122. The Morgan fingerprint density at radius 2 is 2.17 bits per heavy atom. The van der Waals surface area contributed by atoms with Gasteiger partial charge in [0.25, 0.3) is 0 Å². The highest BCUT2D eigenvalue weighted by molar-refractivity contribution is 6.44. The van der Waals surface area contributed by atoms with Gasteiger partial charge in [-0.15, -0.1) is 0 Å². The molecule has 1 aliphatic rings. The first-order chi connectivity index (χ1) is 8.53. The minimum atomic E-state index is -0.524. The van der Waals surface area contributed by atoms with E-state index in [9.17, 15) is 4.79 Å². The quantitative estimate of drug-likeness (QED) is 0.874. The Balaban J connectivity index is 2.13. The van der Waals surface area contributed by atoms with Gasteiger partial charge in [0.05, 0.1) is 21.3 Å². The van der Waals surface area contributed by atoms with Crippen molar-refractivity contribution in [2.24, 2.45) is 0 Å². The first-order valence-corrected chi connectivity index (χ1v) is 6.79. The van der Waals surface area contributed by atoms with Crippen LogP contribution in [0.1, 0.15) is 26.2 Å². The van der Waals surface area contributed by atoms with Crippen LogP contribution in [0.25, 0.3) is 0 Å². The number of nitrogens with one attached hydrogen (secondary N) is 2. The van der Waals surface area contributed by atoms with Crippen LogP contribution in [0, 0.1) is 0 Å². The van der Waals surface area contributed by atoms with Gasteiger partial charge in [-0.3, -0.25) is 4.79 Å². The number of anilines is 1. The molecule has 2 N–H and O–H groups in total. The highest BCUT2D eigenvalue weighted by Gasteiger charge is 2.34. The van der Waals surface area contributed by atoms with Gasteiger partial charge in [0.2, 0.25) is 5.91 Å². The largest absolute Gasteiger partial charge is 0.323 e. The summed E-state index contributed by atoms with van der Waals surface area (Å²) in [6, 6.07) is 5.21. The van der Waals surface area contributed by atoms with E-state index in [4.69, 9.17) is 23.2 Å². The zero-order valence-electron chi connectivity index (χ0n) is 10.2. The van der Waals surface area contributed by atoms with E-state index >= 15 is 0 Å². The van der Waals surface area contributed by atoms with E-state index in [1.807, 2.05) is 6.92 Å². The summed E-state index contributed by atoms with van der Waals surface area (Å²) in [5, 5.41) is 6.93. The molecule has 0 spiro atoms. The van der Waals surface area contributed by atoms with Crippen molar-refractivity contribution in [2.45, 2.75) is 31.7 Å². The molecule has 0 aromatic heterocycles. The Bertz CT molecular complexity index is 456. The Morgan fingerprint density at radius 3 is 2.83 bits per heavy atom. The molecule has 0 bridgehead atoms. The molecule has 0 saturated carbocycles. The molecular weight excluding hydrogens is 271 g/mol. The van der Waals surface area contributed by atoms with Crippen molar-refractivity contribution in [1.82, 2.24) is 5.32 Å². The molecule has 1 heterocycles. The SMILES string of the molecule is CC1(C(=O)Nc2cccc(Cl)c2Cl)CCCCN1. The number of rotatable bonds is 2. The van der Waals surface area contributed by atoms with Crippen LogP contribution in [0.2, 0.25) is 10.0 Å². The van der Waals surface area contributed by atoms with Crippen LogP contribution < -0.4 is 10.6 Å². The topological polar surface area (TPSA) is 41.1 Å². The van der Waals surface area contributed by atoms with Gasteiger partial charge < -0.3 is 10.6 Å². The molecule has 0 aliphatic carbocycles. The van der Waals surface area contributed by atoms with Gasteiger partial charge in [0, 0.05) is 0 Å². The number of carbonyl (C=O) groups is 1. The van der Waals surface area contributed by atoms with E-state index in [-0.39, 0.29) is 5.91 Å². The molecule has 1 unspecified atom stereocenters. The third-order valence-corrected chi connectivity index (χ3v) is 4.14. The van der Waals surface area contributed by atoms with Crippen molar-refractivity contribution < 1.29 is 4.79 Å². The van der Waals surface area contributed by atoms with Crippen LogP contribution in [0.15, 0.2) is 18.2 Å². The summed E-state index contributed by atoms with van der Waals surface area (Å²) >= 11 is 12.0. The molecule has 1 aromatic carbocycles. The van der Waals surface area contributed by atoms with E-state index in [0.29, 0.717) is 15.7 Å². The number of hydrogen-bond donors (Lipinski definition) is 2. The summed E-state index contributed by atoms with van der Waals surface area (Å²) in [4.78, 5) is 12.3. The van der Waals surface area contributed by atoms with E-state index in [1.165, 1.54) is 0 Å². The number of amides is 1. The zero-order valence-corrected chi connectivity index (χ0v) is 11.7. The van der Waals surface area contributed by atoms with E-state index in [0.717, 1.165) is 25.8 Å². The van der Waals surface area contributed by atoms with Crippen LogP contribution >= 0.6 is 23.2 Å². The summed E-state index contributed by atoms with van der Waals surface area (Å²) in [6.07, 6.45) is 3.00. The zero-order chi connectivity index (χ0) is 13.2. The standard InChI is InChI=1S/C13H16Cl2N2O/c1-13(7-2-3-8-16-13)12(18)17-10-6-4-5-9(14)11(10)15/h4-6,16H,2-3,7-8H2,1H3,(H,17,18). The molecule has 5 heteroatoms. The Hall–Kier alpha value is -0.770. The second kappa shape index (κ2) is 5.47. The highest BCUT2D eigenvalue weighted by atomic mass is 35.5. The Kier molecular flexibility index (Phi) is 4.15. The molecule has 1 atom stereocenters. The van der Waals surface area contributed by atoms with Gasteiger partial charge in [0.1, 0.15) is 0 Å². The number of carbonyl (C=O) groups excluding carboxylic acids is 1. The molecule has 2 rings (SSSR count). The van der Waals surface area contributed by atoms with Gasteiger partial charge in [0.15, 0.2) is 0 Å². The first kappa shape index (κ1) is 13.7. The molecule has 1 fully saturated rings. The molecule has 1 aliphatic heterocycles. The average molecular weight is 287 g/mol. The lowest BCUT2D eigenvalue weighted by Crippen LogP contribution is -2.54. The molecule has 1 aromatic rings. The van der Waals surface area contributed by atoms with E-state index < -0.39 is 5.54 Å². The van der Waals surface area contributed by atoms with Crippen molar-refractivity contribution in [3.05, 3.63) is 28.2 Å². The fourth-order valence-corrected chi connectivity index (χ4v) is 2.46. The van der Waals surface area contributed by atoms with Crippen LogP contribution in [0.5, 0.6) is 0 Å².